The standard InChI is InChI=1S/2C5H12O4.2C3H4O2/c2*6-1-5(2-7,3-8)4-9;2*1-2-3(4)5/h2*6-9H,1-4H2;2*2H,1H2,(H,4,5). The SMILES string of the molecule is C=CC(=O)O.C=CC(=O)O.OCC(CO)(CO)CO.OCC(CO)(CO)CO. The van der Waals surface area contributed by atoms with Crippen LogP contribution >= 0.6 is 0 Å². The molecule has 0 spiro atoms. The van der Waals surface area contributed by atoms with Gasteiger partial charge in [-0.3, -0.25) is 0 Å². The Morgan fingerprint density at radius 1 is 0.536 bits per heavy atom. The normalized spacial score (nSPS) is 10.0. The van der Waals surface area contributed by atoms with Gasteiger partial charge >= 0.3 is 11.9 Å². The van der Waals surface area contributed by atoms with E-state index in [1.807, 2.05) is 0 Å². The lowest BCUT2D eigenvalue weighted by molar-refractivity contribution is -0.132. The van der Waals surface area contributed by atoms with Crippen LogP contribution in [0.15, 0.2) is 25.3 Å². The van der Waals surface area contributed by atoms with E-state index in [1.165, 1.54) is 0 Å². The average molecular weight is 416 g/mol. The molecule has 10 N–H and O–H groups in total. The molecule has 0 saturated carbocycles. The Bertz CT molecular complexity index is 329. The molecule has 12 heteroatoms. The van der Waals surface area contributed by atoms with E-state index in [4.69, 9.17) is 51.1 Å². The lowest BCUT2D eigenvalue weighted by Crippen LogP contribution is -2.37. The highest BCUT2D eigenvalue weighted by molar-refractivity contribution is 5.79. The third-order valence-electron chi connectivity index (χ3n) is 3.03. The molecule has 0 amide bonds. The van der Waals surface area contributed by atoms with Gasteiger partial charge in [0.25, 0.3) is 0 Å². The summed E-state index contributed by atoms with van der Waals surface area (Å²) in [5.41, 5.74) is -2.22. The quantitative estimate of drug-likeness (QED) is 0.155. The molecule has 0 aromatic heterocycles. The number of aliphatic hydroxyl groups excluding tert-OH is 8. The van der Waals surface area contributed by atoms with E-state index in [2.05, 4.69) is 13.2 Å². The lowest BCUT2D eigenvalue weighted by atomic mass is 9.93. The molecular weight excluding hydrogens is 384 g/mol. The lowest BCUT2D eigenvalue weighted by Gasteiger charge is -2.23. The molecule has 12 nitrogen and oxygen atoms in total. The molecular formula is C16H32O12. The fourth-order valence-corrected chi connectivity index (χ4v) is 0.600. The maximum Gasteiger partial charge on any atom is 0.327 e. The summed E-state index contributed by atoms with van der Waals surface area (Å²) in [6.45, 7) is 2.67. The number of rotatable bonds is 10. The van der Waals surface area contributed by atoms with Crippen molar-refractivity contribution in [1.82, 2.24) is 0 Å². The van der Waals surface area contributed by atoms with Crippen LogP contribution in [0, 0.1) is 10.8 Å². The van der Waals surface area contributed by atoms with E-state index < -0.39 is 75.6 Å². The number of aliphatic carboxylic acids is 2. The van der Waals surface area contributed by atoms with Crippen molar-refractivity contribution in [3.8, 4) is 0 Å². The number of carboxylic acids is 2. The maximum absolute atomic E-state index is 9.25. The monoisotopic (exact) mass is 416 g/mol. The van der Waals surface area contributed by atoms with Gasteiger partial charge in [0.2, 0.25) is 0 Å². The van der Waals surface area contributed by atoms with Gasteiger partial charge in [-0.25, -0.2) is 9.59 Å². The summed E-state index contributed by atoms with van der Waals surface area (Å²) in [5, 5.41) is 83.2. The Balaban J connectivity index is -0.000000143. The second kappa shape index (κ2) is 21.4. The summed E-state index contributed by atoms with van der Waals surface area (Å²) in [4.78, 5) is 18.5. The average Bonchev–Trinajstić information content (AvgIpc) is 2.73. The van der Waals surface area contributed by atoms with Gasteiger partial charge < -0.3 is 51.1 Å². The molecule has 0 aliphatic carbocycles. The minimum absolute atomic E-state index is 0.406. The summed E-state index contributed by atoms with van der Waals surface area (Å²) in [6.07, 6.45) is 1.67. The molecule has 0 aliphatic heterocycles. The predicted octanol–water partition coefficient (Wildman–Crippen LogP) is -3.60. The molecule has 0 aromatic rings. The van der Waals surface area contributed by atoms with Crippen LogP contribution in [0.4, 0.5) is 0 Å². The van der Waals surface area contributed by atoms with Crippen LogP contribution in [0.5, 0.6) is 0 Å². The maximum atomic E-state index is 9.25. The first-order valence-electron chi connectivity index (χ1n) is 7.61. The van der Waals surface area contributed by atoms with Crippen molar-refractivity contribution < 1.29 is 60.7 Å². The van der Waals surface area contributed by atoms with Crippen molar-refractivity contribution in [3.63, 3.8) is 0 Å². The van der Waals surface area contributed by atoms with E-state index >= 15 is 0 Å². The van der Waals surface area contributed by atoms with Crippen LogP contribution in [0.25, 0.3) is 0 Å². The van der Waals surface area contributed by atoms with E-state index in [1.54, 1.807) is 0 Å². The molecule has 0 aromatic carbocycles. The molecule has 0 rings (SSSR count). The Morgan fingerprint density at radius 3 is 0.643 bits per heavy atom. The highest BCUT2D eigenvalue weighted by Gasteiger charge is 2.27. The van der Waals surface area contributed by atoms with Crippen LogP contribution in [0.1, 0.15) is 0 Å². The third-order valence-corrected chi connectivity index (χ3v) is 3.03. The van der Waals surface area contributed by atoms with Crippen LogP contribution < -0.4 is 0 Å². The van der Waals surface area contributed by atoms with Gasteiger partial charge in [-0.2, -0.15) is 0 Å². The molecule has 0 fully saturated rings. The highest BCUT2D eigenvalue weighted by atomic mass is 16.4. The minimum atomic E-state index is -1.11. The Morgan fingerprint density at radius 2 is 0.643 bits per heavy atom. The van der Waals surface area contributed by atoms with Crippen molar-refractivity contribution in [2.45, 2.75) is 0 Å². The first-order valence-corrected chi connectivity index (χ1v) is 7.61. The van der Waals surface area contributed by atoms with Gasteiger partial charge in [0, 0.05) is 12.2 Å². The van der Waals surface area contributed by atoms with Crippen LogP contribution in [0.2, 0.25) is 0 Å². The molecule has 28 heavy (non-hydrogen) atoms. The molecule has 0 saturated heterocycles. The Kier molecular flexibility index (Phi) is 25.7. The molecule has 168 valence electrons. The molecule has 0 bridgehead atoms. The molecule has 0 aliphatic rings. The number of carboxylic acid groups (broad SMARTS) is 2. The van der Waals surface area contributed by atoms with Crippen molar-refractivity contribution in [2.24, 2.45) is 10.8 Å². The number of hydrogen-bond donors (Lipinski definition) is 10. The zero-order chi connectivity index (χ0) is 23.2. The number of aliphatic hydroxyl groups is 8. The summed E-state index contributed by atoms with van der Waals surface area (Å²) in [6, 6.07) is 0. The van der Waals surface area contributed by atoms with Gasteiger partial charge in [0.05, 0.1) is 63.7 Å². The molecule has 0 atom stereocenters. The molecule has 0 heterocycles. The Hall–Kier alpha value is -1.90. The van der Waals surface area contributed by atoms with Gasteiger partial charge in [-0.15, -0.1) is 0 Å². The zero-order valence-electron chi connectivity index (χ0n) is 15.5. The zero-order valence-corrected chi connectivity index (χ0v) is 15.5. The summed E-state index contributed by atoms with van der Waals surface area (Å²) in [5.74, 6) is -1.96. The number of carbonyl (C=O) groups is 2. The largest absolute Gasteiger partial charge is 0.478 e. The van der Waals surface area contributed by atoms with Crippen LogP contribution in [-0.2, 0) is 9.59 Å². The van der Waals surface area contributed by atoms with Crippen molar-refractivity contribution in [1.29, 1.82) is 0 Å². The third kappa shape index (κ3) is 18.9. The van der Waals surface area contributed by atoms with E-state index in [-0.39, 0.29) is 0 Å². The van der Waals surface area contributed by atoms with Crippen molar-refractivity contribution in [3.05, 3.63) is 25.3 Å². The minimum Gasteiger partial charge on any atom is -0.478 e. The second-order valence-corrected chi connectivity index (χ2v) is 5.35. The van der Waals surface area contributed by atoms with Crippen LogP contribution in [0.3, 0.4) is 0 Å². The van der Waals surface area contributed by atoms with Crippen molar-refractivity contribution in [2.75, 3.05) is 52.9 Å². The van der Waals surface area contributed by atoms with E-state index in [9.17, 15) is 9.59 Å². The summed E-state index contributed by atoms with van der Waals surface area (Å²) >= 11 is 0. The number of hydrogen-bond acceptors (Lipinski definition) is 10. The highest BCUT2D eigenvalue weighted by Crippen LogP contribution is 2.12. The fourth-order valence-electron chi connectivity index (χ4n) is 0.600. The van der Waals surface area contributed by atoms with Gasteiger partial charge in [-0.05, 0) is 0 Å². The topological polar surface area (TPSA) is 236 Å². The van der Waals surface area contributed by atoms with Crippen LogP contribution in [-0.4, -0.2) is 116 Å². The van der Waals surface area contributed by atoms with E-state index in [0.717, 1.165) is 12.2 Å². The predicted molar refractivity (Wildman–Crippen MR) is 97.2 cm³/mol. The van der Waals surface area contributed by atoms with Gasteiger partial charge in [0.15, 0.2) is 0 Å². The first kappa shape index (κ1) is 33.7. The van der Waals surface area contributed by atoms with Gasteiger partial charge in [-0.1, -0.05) is 13.2 Å². The summed E-state index contributed by atoms with van der Waals surface area (Å²) < 4.78 is 0. The Labute approximate surface area is 162 Å². The van der Waals surface area contributed by atoms with Crippen molar-refractivity contribution >= 4 is 11.9 Å². The first-order chi connectivity index (χ1) is 13.0. The summed E-state index contributed by atoms with van der Waals surface area (Å²) in [7, 11) is 0. The van der Waals surface area contributed by atoms with E-state index in [0.29, 0.717) is 0 Å². The molecule has 0 unspecified atom stereocenters. The molecule has 0 radical (unpaired) electrons. The smallest absolute Gasteiger partial charge is 0.327 e. The fraction of sp³-hybridized carbons (Fsp3) is 0.625. The second-order valence-electron chi connectivity index (χ2n) is 5.35. The van der Waals surface area contributed by atoms with Gasteiger partial charge in [0.1, 0.15) is 0 Å².